The lowest BCUT2D eigenvalue weighted by atomic mass is 9.98. The highest BCUT2D eigenvalue weighted by atomic mass is 16.8. The van der Waals surface area contributed by atoms with Gasteiger partial charge in [0.2, 0.25) is 5.79 Å². The zero-order valence-corrected chi connectivity index (χ0v) is 28.1. The zero-order valence-electron chi connectivity index (χ0n) is 28.1. The molecule has 2 heterocycles. The summed E-state index contributed by atoms with van der Waals surface area (Å²) >= 11 is 0. The van der Waals surface area contributed by atoms with Crippen LogP contribution in [0.3, 0.4) is 0 Å². The first-order valence-electron chi connectivity index (χ1n) is 15.7. The number of methoxy groups -OCH3 is 2. The highest BCUT2D eigenvalue weighted by Crippen LogP contribution is 2.38. The Kier molecular flexibility index (Phi) is 13.6. The topological polar surface area (TPSA) is 267 Å². The molecular formula is C34H40O18. The molecule has 2 aliphatic heterocycles. The second-order valence-electron chi connectivity index (χ2n) is 11.5. The Labute approximate surface area is 296 Å². The van der Waals surface area contributed by atoms with Crippen molar-refractivity contribution in [2.75, 3.05) is 34.0 Å². The van der Waals surface area contributed by atoms with Gasteiger partial charge in [0, 0.05) is 19.1 Å². The Morgan fingerprint density at radius 2 is 1.38 bits per heavy atom. The third kappa shape index (κ3) is 9.35. The van der Waals surface area contributed by atoms with E-state index in [-0.39, 0.29) is 23.0 Å². The molecule has 0 bridgehead atoms. The summed E-state index contributed by atoms with van der Waals surface area (Å²) in [5, 5.41) is 72.7. The van der Waals surface area contributed by atoms with Gasteiger partial charge in [-0.2, -0.15) is 0 Å². The Balaban J connectivity index is 1.52. The molecule has 52 heavy (non-hydrogen) atoms. The first-order chi connectivity index (χ1) is 24.7. The molecule has 0 amide bonds. The molecule has 0 aliphatic carbocycles. The number of aliphatic hydroxyl groups excluding tert-OH is 5. The first-order valence-corrected chi connectivity index (χ1v) is 15.7. The lowest BCUT2D eigenvalue weighted by Gasteiger charge is -2.44. The monoisotopic (exact) mass is 736 g/mol. The molecule has 2 fully saturated rings. The summed E-state index contributed by atoms with van der Waals surface area (Å²) in [6, 6.07) is 8.51. The fraction of sp³-hybridized carbons (Fsp3) is 0.441. The van der Waals surface area contributed by atoms with Gasteiger partial charge in [-0.25, -0.2) is 9.59 Å². The maximum atomic E-state index is 12.9. The van der Waals surface area contributed by atoms with Crippen molar-refractivity contribution in [1.82, 2.24) is 0 Å². The molecule has 0 spiro atoms. The van der Waals surface area contributed by atoms with E-state index in [9.17, 15) is 50.1 Å². The first kappa shape index (κ1) is 40.0. The van der Waals surface area contributed by atoms with Crippen LogP contribution in [0.25, 0.3) is 12.2 Å². The van der Waals surface area contributed by atoms with Crippen molar-refractivity contribution >= 4 is 30.1 Å². The number of carbonyl (C=O) groups excluding carboxylic acids is 3. The summed E-state index contributed by atoms with van der Waals surface area (Å²) in [6.07, 6.45) is -9.55. The average molecular weight is 737 g/mol. The fourth-order valence-electron chi connectivity index (χ4n) is 5.38. The van der Waals surface area contributed by atoms with E-state index < -0.39 is 92.5 Å². The van der Waals surface area contributed by atoms with Crippen LogP contribution in [0.1, 0.15) is 18.1 Å². The third-order valence-corrected chi connectivity index (χ3v) is 8.00. The van der Waals surface area contributed by atoms with E-state index in [4.69, 9.17) is 37.9 Å². The SMILES string of the molecule is COc1cc(C=CC(=O)OCC2OC(OC3(CO)OC(CO)C(O)C3OC(=O)C=Cc3ccc(O)c(OC)c3)C(O)C(O)C2OC(C)=O)ccc1O. The Morgan fingerprint density at radius 3 is 1.90 bits per heavy atom. The maximum Gasteiger partial charge on any atom is 0.331 e. The summed E-state index contributed by atoms with van der Waals surface area (Å²) in [7, 11) is 2.68. The predicted octanol–water partition coefficient (Wildman–Crippen LogP) is -0.868. The number of hydrogen-bond acceptors (Lipinski definition) is 18. The second kappa shape index (κ2) is 17.6. The standard InChI is InChI=1S/C34H40O18/c1-17(37)48-31-25(15-47-26(40)10-6-18-4-8-20(38)22(12-18)45-2)49-33(30(44)29(31)43)52-34(16-36)32(28(42)24(14-35)51-34)50-27(41)11-7-19-5-9-21(39)23(13-19)46-3/h4-13,24-25,28-33,35-36,38-39,42-44H,14-16H2,1-3H3. The minimum atomic E-state index is -2.51. The molecule has 2 aromatic rings. The average Bonchev–Trinajstić information content (AvgIpc) is 3.39. The van der Waals surface area contributed by atoms with Crippen molar-refractivity contribution in [3.8, 4) is 23.0 Å². The van der Waals surface area contributed by atoms with Gasteiger partial charge in [0.15, 0.2) is 41.5 Å². The molecule has 7 N–H and O–H groups in total. The normalized spacial score (nSPS) is 28.8. The van der Waals surface area contributed by atoms with Crippen LogP contribution in [0, 0.1) is 0 Å². The van der Waals surface area contributed by atoms with Crippen LogP contribution in [0.5, 0.6) is 23.0 Å². The highest BCUT2D eigenvalue weighted by molar-refractivity contribution is 5.88. The van der Waals surface area contributed by atoms with Gasteiger partial charge >= 0.3 is 17.9 Å². The van der Waals surface area contributed by atoms with Crippen molar-refractivity contribution in [3.05, 3.63) is 59.7 Å². The molecule has 4 rings (SSSR count). The lowest BCUT2D eigenvalue weighted by Crippen LogP contribution is -2.64. The Hall–Kier alpha value is -4.79. The van der Waals surface area contributed by atoms with Crippen LogP contribution in [0.2, 0.25) is 0 Å². The van der Waals surface area contributed by atoms with E-state index in [1.165, 1.54) is 62.8 Å². The number of phenols is 2. The largest absolute Gasteiger partial charge is 0.504 e. The summed E-state index contributed by atoms with van der Waals surface area (Å²) in [4.78, 5) is 37.3. The van der Waals surface area contributed by atoms with Crippen LogP contribution in [-0.4, -0.2) is 142 Å². The van der Waals surface area contributed by atoms with Gasteiger partial charge in [0.25, 0.3) is 0 Å². The Morgan fingerprint density at radius 1 is 0.808 bits per heavy atom. The number of ether oxygens (including phenoxy) is 8. The number of esters is 3. The number of benzene rings is 2. The molecule has 9 unspecified atom stereocenters. The van der Waals surface area contributed by atoms with Gasteiger partial charge in [0.1, 0.15) is 43.7 Å². The smallest absolute Gasteiger partial charge is 0.331 e. The summed E-state index contributed by atoms with van der Waals surface area (Å²) in [5.41, 5.74) is 0.872. The summed E-state index contributed by atoms with van der Waals surface area (Å²) in [6.45, 7) is -1.64. The van der Waals surface area contributed by atoms with Crippen molar-refractivity contribution in [1.29, 1.82) is 0 Å². The van der Waals surface area contributed by atoms with Crippen LogP contribution in [0.4, 0.5) is 0 Å². The fourth-order valence-corrected chi connectivity index (χ4v) is 5.38. The molecule has 18 heteroatoms. The zero-order chi connectivity index (χ0) is 38.2. The minimum Gasteiger partial charge on any atom is -0.504 e. The number of hydrogen-bond donors (Lipinski definition) is 7. The van der Waals surface area contributed by atoms with E-state index >= 15 is 0 Å². The van der Waals surface area contributed by atoms with Gasteiger partial charge in [-0.15, -0.1) is 0 Å². The van der Waals surface area contributed by atoms with Crippen LogP contribution >= 0.6 is 0 Å². The van der Waals surface area contributed by atoms with Crippen LogP contribution in [-0.2, 0) is 42.8 Å². The van der Waals surface area contributed by atoms with Gasteiger partial charge in [0.05, 0.1) is 20.8 Å². The number of aliphatic hydroxyl groups is 5. The minimum absolute atomic E-state index is 0.119. The quantitative estimate of drug-likeness (QED) is 0.0706. The molecule has 2 aromatic carbocycles. The van der Waals surface area contributed by atoms with Crippen LogP contribution < -0.4 is 9.47 Å². The van der Waals surface area contributed by atoms with Crippen LogP contribution in [0.15, 0.2) is 48.6 Å². The Bertz CT molecular complexity index is 1630. The molecule has 18 nitrogen and oxygen atoms in total. The molecule has 0 aromatic heterocycles. The molecule has 0 saturated carbocycles. The summed E-state index contributed by atoms with van der Waals surface area (Å²) in [5.74, 6) is -5.38. The van der Waals surface area contributed by atoms with Gasteiger partial charge < -0.3 is 73.6 Å². The van der Waals surface area contributed by atoms with Crippen molar-refractivity contribution in [2.24, 2.45) is 0 Å². The third-order valence-electron chi connectivity index (χ3n) is 8.00. The van der Waals surface area contributed by atoms with E-state index in [0.717, 1.165) is 19.1 Å². The highest BCUT2D eigenvalue weighted by Gasteiger charge is 2.61. The van der Waals surface area contributed by atoms with E-state index in [0.29, 0.717) is 11.1 Å². The molecule has 0 radical (unpaired) electrons. The predicted molar refractivity (Wildman–Crippen MR) is 173 cm³/mol. The molecular weight excluding hydrogens is 696 g/mol. The van der Waals surface area contributed by atoms with E-state index in [1.54, 1.807) is 0 Å². The number of aromatic hydroxyl groups is 2. The maximum absolute atomic E-state index is 12.9. The van der Waals surface area contributed by atoms with E-state index in [1.807, 2.05) is 0 Å². The van der Waals surface area contributed by atoms with Crippen molar-refractivity contribution < 1.29 is 88.0 Å². The lowest BCUT2D eigenvalue weighted by molar-refractivity contribution is -0.383. The van der Waals surface area contributed by atoms with Gasteiger partial charge in [-0.05, 0) is 47.5 Å². The molecule has 2 saturated heterocycles. The van der Waals surface area contributed by atoms with E-state index in [2.05, 4.69) is 0 Å². The number of carbonyl (C=O) groups is 3. The number of phenolic OH excluding ortho intramolecular Hbond substituents is 2. The second-order valence-corrected chi connectivity index (χ2v) is 11.5. The molecule has 284 valence electrons. The van der Waals surface area contributed by atoms with Gasteiger partial charge in [-0.3, -0.25) is 4.79 Å². The van der Waals surface area contributed by atoms with Crippen molar-refractivity contribution in [2.45, 2.75) is 61.7 Å². The molecule has 9 atom stereocenters. The summed E-state index contributed by atoms with van der Waals surface area (Å²) < 4.78 is 42.9. The van der Waals surface area contributed by atoms with Gasteiger partial charge in [-0.1, -0.05) is 12.1 Å². The number of rotatable bonds is 14. The molecule has 2 aliphatic rings. The van der Waals surface area contributed by atoms with Crippen molar-refractivity contribution in [3.63, 3.8) is 0 Å².